The molecule has 94 valence electrons. The third kappa shape index (κ3) is 1.99. The molecule has 1 aliphatic rings. The number of hydrogen-bond acceptors (Lipinski definition) is 5. The molecule has 0 fully saturated rings. The van der Waals surface area contributed by atoms with Crippen molar-refractivity contribution in [1.82, 2.24) is 4.98 Å². The Morgan fingerprint density at radius 3 is 3.28 bits per heavy atom. The Hall–Kier alpha value is -1.82. The average molecular weight is 264 g/mol. The summed E-state index contributed by atoms with van der Waals surface area (Å²) in [5.74, 6) is -1.21. The molecule has 0 aliphatic heterocycles. The molecule has 0 bridgehead atoms. The molecular formula is C12H12N2O3S. The van der Waals surface area contributed by atoms with Gasteiger partial charge in [-0.3, -0.25) is 4.79 Å². The van der Waals surface area contributed by atoms with Crippen LogP contribution in [0.5, 0.6) is 0 Å². The maximum Gasteiger partial charge on any atom is 0.312 e. The molecule has 0 saturated carbocycles. The number of nitrogens with zero attached hydrogens (tertiary/aromatic N) is 1. The number of carbonyl (C=O) groups is 1. The van der Waals surface area contributed by atoms with Crippen LogP contribution in [0.25, 0.3) is 0 Å². The van der Waals surface area contributed by atoms with Crippen molar-refractivity contribution in [2.75, 3.05) is 5.32 Å². The quantitative estimate of drug-likeness (QED) is 0.887. The van der Waals surface area contributed by atoms with Gasteiger partial charge in [-0.2, -0.15) is 0 Å². The lowest BCUT2D eigenvalue weighted by Gasteiger charge is -2.02. The van der Waals surface area contributed by atoms with Crippen molar-refractivity contribution in [2.24, 2.45) is 0 Å². The number of nitrogens with one attached hydrogen (secondary N) is 1. The monoisotopic (exact) mass is 264 g/mol. The molecule has 2 heterocycles. The SMILES string of the molecule is O=C(O)C1CCc2sc(NCc3ccoc3)nc21. The number of aromatic nitrogens is 1. The number of thiazole rings is 1. The molecule has 3 rings (SSSR count). The molecule has 6 heteroatoms. The van der Waals surface area contributed by atoms with Gasteiger partial charge in [-0.15, -0.1) is 11.3 Å². The summed E-state index contributed by atoms with van der Waals surface area (Å²) in [5, 5.41) is 13.1. The number of aliphatic carboxylic acids is 1. The van der Waals surface area contributed by atoms with Gasteiger partial charge < -0.3 is 14.8 Å². The Morgan fingerprint density at radius 2 is 2.56 bits per heavy atom. The van der Waals surface area contributed by atoms with E-state index in [1.54, 1.807) is 23.9 Å². The number of carboxylic acid groups (broad SMARTS) is 1. The van der Waals surface area contributed by atoms with Gasteiger partial charge in [-0.05, 0) is 18.9 Å². The van der Waals surface area contributed by atoms with Gasteiger partial charge in [0.15, 0.2) is 5.13 Å². The van der Waals surface area contributed by atoms with E-state index in [0.29, 0.717) is 13.0 Å². The number of hydrogen-bond donors (Lipinski definition) is 2. The van der Waals surface area contributed by atoms with Gasteiger partial charge >= 0.3 is 5.97 Å². The summed E-state index contributed by atoms with van der Waals surface area (Å²) in [6.07, 6.45) is 4.79. The Kier molecular flexibility index (Phi) is 2.79. The normalized spacial score (nSPS) is 17.7. The van der Waals surface area contributed by atoms with Crippen molar-refractivity contribution in [3.05, 3.63) is 34.7 Å². The maximum absolute atomic E-state index is 11.1. The molecule has 5 nitrogen and oxygen atoms in total. The molecule has 0 aromatic carbocycles. The topological polar surface area (TPSA) is 75.4 Å². The summed E-state index contributed by atoms with van der Waals surface area (Å²) in [4.78, 5) is 16.5. The number of aryl methyl sites for hydroxylation is 1. The van der Waals surface area contributed by atoms with Gasteiger partial charge in [-0.25, -0.2) is 4.98 Å². The van der Waals surface area contributed by atoms with Gasteiger partial charge in [0.2, 0.25) is 0 Å². The Labute approximate surface area is 107 Å². The summed E-state index contributed by atoms with van der Waals surface area (Å²) >= 11 is 1.55. The van der Waals surface area contributed by atoms with Crippen LogP contribution < -0.4 is 5.32 Å². The second-order valence-corrected chi connectivity index (χ2v) is 5.33. The Balaban J connectivity index is 1.72. The predicted molar refractivity (Wildman–Crippen MR) is 66.8 cm³/mol. The van der Waals surface area contributed by atoms with Gasteiger partial charge in [-0.1, -0.05) is 0 Å². The summed E-state index contributed by atoms with van der Waals surface area (Å²) in [5.41, 5.74) is 1.78. The van der Waals surface area contributed by atoms with E-state index in [9.17, 15) is 4.79 Å². The number of fused-ring (bicyclic) bond motifs is 1. The fraction of sp³-hybridized carbons (Fsp3) is 0.333. The number of furan rings is 1. The molecule has 0 spiro atoms. The lowest BCUT2D eigenvalue weighted by molar-refractivity contribution is -0.138. The molecule has 2 aromatic rings. The maximum atomic E-state index is 11.1. The average Bonchev–Trinajstić information content (AvgIpc) is 3.02. The van der Waals surface area contributed by atoms with Crippen LogP contribution in [-0.4, -0.2) is 16.1 Å². The first-order valence-electron chi connectivity index (χ1n) is 5.71. The van der Waals surface area contributed by atoms with Crippen molar-refractivity contribution in [3.8, 4) is 0 Å². The standard InChI is InChI=1S/C12H12N2O3S/c15-11(16)8-1-2-9-10(8)14-12(18-9)13-5-7-3-4-17-6-7/h3-4,6,8H,1-2,5H2,(H,13,14)(H,15,16). The summed E-state index contributed by atoms with van der Waals surface area (Å²) in [6.45, 7) is 0.640. The minimum absolute atomic E-state index is 0.430. The molecule has 0 saturated heterocycles. The van der Waals surface area contributed by atoms with Crippen LogP contribution in [-0.2, 0) is 17.8 Å². The Bertz CT molecular complexity index is 562. The first kappa shape index (κ1) is 11.3. The van der Waals surface area contributed by atoms with Crippen LogP contribution in [0.1, 0.15) is 28.5 Å². The van der Waals surface area contributed by atoms with E-state index in [1.807, 2.05) is 6.07 Å². The van der Waals surface area contributed by atoms with Crippen molar-refractivity contribution in [3.63, 3.8) is 0 Å². The minimum atomic E-state index is -0.777. The molecule has 0 amide bonds. The second-order valence-electron chi connectivity index (χ2n) is 4.24. The molecule has 1 aliphatic carbocycles. The lowest BCUT2D eigenvalue weighted by Crippen LogP contribution is -2.09. The predicted octanol–water partition coefficient (Wildman–Crippen LogP) is 2.46. The molecule has 0 radical (unpaired) electrons. The summed E-state index contributed by atoms with van der Waals surface area (Å²) in [7, 11) is 0. The third-order valence-electron chi connectivity index (χ3n) is 3.04. The van der Waals surface area contributed by atoms with Crippen molar-refractivity contribution >= 4 is 22.4 Å². The van der Waals surface area contributed by atoms with Crippen molar-refractivity contribution in [1.29, 1.82) is 0 Å². The molecule has 2 aromatic heterocycles. The van der Waals surface area contributed by atoms with Crippen molar-refractivity contribution < 1.29 is 14.3 Å². The number of anilines is 1. The van der Waals surface area contributed by atoms with E-state index in [4.69, 9.17) is 9.52 Å². The third-order valence-corrected chi connectivity index (χ3v) is 4.13. The van der Waals surface area contributed by atoms with E-state index in [0.717, 1.165) is 27.7 Å². The van der Waals surface area contributed by atoms with Crippen LogP contribution in [0.3, 0.4) is 0 Å². The molecule has 1 unspecified atom stereocenters. The highest BCUT2D eigenvalue weighted by Crippen LogP contribution is 2.38. The van der Waals surface area contributed by atoms with Gasteiger partial charge in [0.1, 0.15) is 5.92 Å². The van der Waals surface area contributed by atoms with Crippen LogP contribution in [0.2, 0.25) is 0 Å². The van der Waals surface area contributed by atoms with Crippen LogP contribution in [0.15, 0.2) is 23.0 Å². The zero-order chi connectivity index (χ0) is 12.5. The van der Waals surface area contributed by atoms with E-state index >= 15 is 0 Å². The van der Waals surface area contributed by atoms with Gasteiger partial charge in [0.05, 0.1) is 18.2 Å². The first-order chi connectivity index (χ1) is 8.74. The second kappa shape index (κ2) is 4.45. The fourth-order valence-electron chi connectivity index (χ4n) is 2.11. The first-order valence-corrected chi connectivity index (χ1v) is 6.53. The molecule has 1 atom stereocenters. The van der Waals surface area contributed by atoms with E-state index in [2.05, 4.69) is 10.3 Å². The summed E-state index contributed by atoms with van der Waals surface area (Å²) < 4.78 is 4.98. The fourth-order valence-corrected chi connectivity index (χ4v) is 3.15. The van der Waals surface area contributed by atoms with E-state index < -0.39 is 11.9 Å². The summed E-state index contributed by atoms with van der Waals surface area (Å²) in [6, 6.07) is 1.88. The number of carboxylic acids is 1. The van der Waals surface area contributed by atoms with Gasteiger partial charge in [0.25, 0.3) is 0 Å². The van der Waals surface area contributed by atoms with Gasteiger partial charge in [0, 0.05) is 17.0 Å². The molecule has 18 heavy (non-hydrogen) atoms. The smallest absolute Gasteiger partial charge is 0.312 e. The highest BCUT2D eigenvalue weighted by atomic mass is 32.1. The van der Waals surface area contributed by atoms with Crippen LogP contribution in [0.4, 0.5) is 5.13 Å². The van der Waals surface area contributed by atoms with Crippen molar-refractivity contribution in [2.45, 2.75) is 25.3 Å². The zero-order valence-corrected chi connectivity index (χ0v) is 10.4. The highest BCUT2D eigenvalue weighted by Gasteiger charge is 2.32. The molecular weight excluding hydrogens is 252 g/mol. The molecule has 2 N–H and O–H groups in total. The van der Waals surface area contributed by atoms with Crippen LogP contribution in [0, 0.1) is 0 Å². The van der Waals surface area contributed by atoms with E-state index in [-0.39, 0.29) is 0 Å². The minimum Gasteiger partial charge on any atom is -0.481 e. The zero-order valence-electron chi connectivity index (χ0n) is 9.55. The largest absolute Gasteiger partial charge is 0.481 e. The Morgan fingerprint density at radius 1 is 1.67 bits per heavy atom. The lowest BCUT2D eigenvalue weighted by atomic mass is 10.1. The van der Waals surface area contributed by atoms with E-state index in [1.165, 1.54) is 0 Å². The highest BCUT2D eigenvalue weighted by molar-refractivity contribution is 7.15. The van der Waals surface area contributed by atoms with Crippen LogP contribution >= 0.6 is 11.3 Å². The number of rotatable bonds is 4.